The number of carbonyl (C=O) groups excluding carboxylic acids is 1. The van der Waals surface area contributed by atoms with E-state index in [9.17, 15) is 4.79 Å². The van der Waals surface area contributed by atoms with Crippen molar-refractivity contribution in [2.24, 2.45) is 5.92 Å². The number of hydrogen-bond acceptors (Lipinski definition) is 3. The maximum absolute atomic E-state index is 13.2. The molecule has 1 saturated heterocycles. The van der Waals surface area contributed by atoms with Crippen molar-refractivity contribution in [1.82, 2.24) is 9.47 Å². The van der Waals surface area contributed by atoms with E-state index in [0.717, 1.165) is 50.4 Å². The van der Waals surface area contributed by atoms with Crippen molar-refractivity contribution in [1.29, 1.82) is 0 Å². The smallest absolute Gasteiger partial charge is 0.266 e. The largest absolute Gasteiger partial charge is 0.342 e. The quantitative estimate of drug-likeness (QED) is 0.227. The minimum atomic E-state index is 0.0324. The number of hydrogen-bond donors (Lipinski definition) is 0. The van der Waals surface area contributed by atoms with Crippen LogP contribution in [0.4, 0.5) is 0 Å². The van der Waals surface area contributed by atoms with Crippen LogP contribution in [0, 0.1) is 5.92 Å². The van der Waals surface area contributed by atoms with Crippen LogP contribution in [0.15, 0.2) is 58.0 Å². The second-order valence-electron chi connectivity index (χ2n) is 8.74. The number of thiocarbonyl (C=S) groups is 1. The molecule has 1 aliphatic heterocycles. The minimum absolute atomic E-state index is 0.0324. The molecule has 7 heteroatoms. The lowest BCUT2D eigenvalue weighted by atomic mass is 10.0. The van der Waals surface area contributed by atoms with Crippen molar-refractivity contribution in [3.8, 4) is 0 Å². The fraction of sp³-hybridized carbons (Fsp3) is 0.308. The normalized spacial score (nSPS) is 18.4. The van der Waals surface area contributed by atoms with Crippen LogP contribution >= 0.6 is 51.5 Å². The highest BCUT2D eigenvalue weighted by atomic mass is 79.9. The Hall–Kier alpha value is -1.60. The average molecular weight is 560 g/mol. The van der Waals surface area contributed by atoms with Gasteiger partial charge in [0.1, 0.15) is 4.32 Å². The third-order valence-corrected chi connectivity index (χ3v) is 8.81. The van der Waals surface area contributed by atoms with Crippen LogP contribution in [0.3, 0.4) is 0 Å². The van der Waals surface area contributed by atoms with E-state index in [4.69, 9.17) is 23.8 Å². The molecule has 0 bridgehead atoms. The molecule has 2 aliphatic rings. The van der Waals surface area contributed by atoms with E-state index in [1.165, 1.54) is 37.4 Å². The van der Waals surface area contributed by atoms with Gasteiger partial charge in [0.05, 0.1) is 4.91 Å². The van der Waals surface area contributed by atoms with Gasteiger partial charge < -0.3 is 4.57 Å². The summed E-state index contributed by atoms with van der Waals surface area (Å²) >= 11 is 17.0. The van der Waals surface area contributed by atoms with Crippen LogP contribution in [0.5, 0.6) is 0 Å². The molecule has 1 amide bonds. The number of halogens is 2. The third kappa shape index (κ3) is 4.95. The van der Waals surface area contributed by atoms with Crippen molar-refractivity contribution in [2.75, 3.05) is 6.54 Å². The molecule has 2 aromatic carbocycles. The summed E-state index contributed by atoms with van der Waals surface area (Å²) < 4.78 is 3.87. The molecule has 0 unspecified atom stereocenters. The first-order chi connectivity index (χ1) is 16.0. The summed E-state index contributed by atoms with van der Waals surface area (Å²) in [4.78, 5) is 15.7. The summed E-state index contributed by atoms with van der Waals surface area (Å²) in [5.41, 5.74) is 3.17. The minimum Gasteiger partial charge on any atom is -0.342 e. The number of carbonyl (C=O) groups is 1. The number of rotatable bonds is 6. The Morgan fingerprint density at radius 1 is 1.18 bits per heavy atom. The number of amides is 1. The molecular weight excluding hydrogens is 536 g/mol. The van der Waals surface area contributed by atoms with Crippen molar-refractivity contribution in [2.45, 2.75) is 38.6 Å². The second-order valence-corrected chi connectivity index (χ2v) is 11.7. The predicted molar refractivity (Wildman–Crippen MR) is 147 cm³/mol. The van der Waals surface area contributed by atoms with Gasteiger partial charge >= 0.3 is 0 Å². The summed E-state index contributed by atoms with van der Waals surface area (Å²) in [6.07, 6.45) is 10.3. The Kier molecular flexibility index (Phi) is 6.98. The van der Waals surface area contributed by atoms with Gasteiger partial charge in [0, 0.05) is 45.2 Å². The lowest BCUT2D eigenvalue weighted by Gasteiger charge is -2.17. The van der Waals surface area contributed by atoms with E-state index < -0.39 is 0 Å². The van der Waals surface area contributed by atoms with Crippen LogP contribution in [0.1, 0.15) is 43.2 Å². The summed E-state index contributed by atoms with van der Waals surface area (Å²) in [5.74, 6) is 0.767. The van der Waals surface area contributed by atoms with Crippen LogP contribution < -0.4 is 0 Å². The Balaban J connectivity index is 1.44. The average Bonchev–Trinajstić information content (AvgIpc) is 3.49. The molecule has 1 saturated carbocycles. The van der Waals surface area contributed by atoms with Gasteiger partial charge in [-0.3, -0.25) is 9.69 Å². The van der Waals surface area contributed by atoms with E-state index in [2.05, 4.69) is 38.8 Å². The lowest BCUT2D eigenvalue weighted by Crippen LogP contribution is -2.30. The fourth-order valence-corrected chi connectivity index (χ4v) is 6.65. The topological polar surface area (TPSA) is 25.2 Å². The third-order valence-electron chi connectivity index (χ3n) is 6.57. The van der Waals surface area contributed by atoms with Gasteiger partial charge in [-0.15, -0.1) is 0 Å². The number of thioether (sulfide) groups is 1. The standard InChI is InChI=1S/C26H24BrClN2OS2/c27-20-9-10-23-21(14-20)19(16-29(23)15-18-7-3-4-8-22(18)28)13-24-25(31)30(26(32)33-24)12-11-17-5-1-2-6-17/h3-4,7-10,13-14,16-17H,1-2,5-6,11-12,15H2/b24-13-. The summed E-state index contributed by atoms with van der Waals surface area (Å²) in [5, 5.41) is 1.84. The SMILES string of the molecule is O=C1/C(=C/c2cn(Cc3ccccc3Cl)c3ccc(Br)cc23)SC(=S)N1CCC1CCCC1. The summed E-state index contributed by atoms with van der Waals surface area (Å²) in [7, 11) is 0. The van der Waals surface area contributed by atoms with Crippen LogP contribution in [0.25, 0.3) is 17.0 Å². The van der Waals surface area contributed by atoms with Gasteiger partial charge in [-0.1, -0.05) is 95.4 Å². The Morgan fingerprint density at radius 2 is 1.97 bits per heavy atom. The molecule has 0 atom stereocenters. The van der Waals surface area contributed by atoms with Crippen LogP contribution in [-0.2, 0) is 11.3 Å². The van der Waals surface area contributed by atoms with E-state index in [-0.39, 0.29) is 5.91 Å². The molecule has 0 spiro atoms. The first-order valence-electron chi connectivity index (χ1n) is 11.3. The summed E-state index contributed by atoms with van der Waals surface area (Å²) in [6, 6.07) is 14.1. The van der Waals surface area contributed by atoms with Gasteiger partial charge in [-0.25, -0.2) is 0 Å². The van der Waals surface area contributed by atoms with Crippen molar-refractivity contribution in [3.05, 3.63) is 74.2 Å². The Labute approximate surface area is 217 Å². The number of nitrogens with zero attached hydrogens (tertiary/aromatic N) is 2. The van der Waals surface area contributed by atoms with Crippen molar-refractivity contribution < 1.29 is 4.79 Å². The first-order valence-corrected chi connectivity index (χ1v) is 13.7. The zero-order valence-electron chi connectivity index (χ0n) is 18.1. The van der Waals surface area contributed by atoms with Crippen molar-refractivity contribution >= 4 is 78.7 Å². The Morgan fingerprint density at radius 3 is 2.76 bits per heavy atom. The maximum Gasteiger partial charge on any atom is 0.266 e. The molecule has 3 aromatic rings. The number of benzene rings is 2. The summed E-state index contributed by atoms with van der Waals surface area (Å²) in [6.45, 7) is 1.39. The molecule has 2 heterocycles. The highest BCUT2D eigenvalue weighted by Crippen LogP contribution is 2.36. The predicted octanol–water partition coefficient (Wildman–Crippen LogP) is 7.89. The number of aromatic nitrogens is 1. The molecule has 0 N–H and O–H groups in total. The molecular formula is C26H24BrClN2OS2. The fourth-order valence-electron chi connectivity index (χ4n) is 4.80. The number of fused-ring (bicyclic) bond motifs is 1. The monoisotopic (exact) mass is 558 g/mol. The molecule has 2 fully saturated rings. The molecule has 0 radical (unpaired) electrons. The van der Waals surface area contributed by atoms with Gasteiger partial charge in [-0.2, -0.15) is 0 Å². The van der Waals surface area contributed by atoms with E-state index in [1.807, 2.05) is 36.4 Å². The first kappa shape index (κ1) is 23.2. The van der Waals surface area contributed by atoms with Gasteiger partial charge in [0.15, 0.2) is 0 Å². The zero-order valence-corrected chi connectivity index (χ0v) is 22.1. The van der Waals surface area contributed by atoms with E-state index in [1.54, 1.807) is 4.90 Å². The molecule has 170 valence electrons. The molecule has 5 rings (SSSR count). The highest BCUT2D eigenvalue weighted by Gasteiger charge is 2.32. The molecule has 1 aromatic heterocycles. The van der Waals surface area contributed by atoms with Crippen LogP contribution in [0.2, 0.25) is 5.02 Å². The van der Waals surface area contributed by atoms with Gasteiger partial charge in [-0.05, 0) is 48.2 Å². The van der Waals surface area contributed by atoms with Crippen molar-refractivity contribution in [3.63, 3.8) is 0 Å². The Bertz CT molecular complexity index is 1260. The molecule has 1 aliphatic carbocycles. The molecule has 3 nitrogen and oxygen atoms in total. The lowest BCUT2D eigenvalue weighted by molar-refractivity contribution is -0.122. The van der Waals surface area contributed by atoms with E-state index in [0.29, 0.717) is 15.8 Å². The highest BCUT2D eigenvalue weighted by molar-refractivity contribution is 9.10. The van der Waals surface area contributed by atoms with Gasteiger partial charge in [0.25, 0.3) is 5.91 Å². The maximum atomic E-state index is 13.2. The zero-order chi connectivity index (χ0) is 22.9. The van der Waals surface area contributed by atoms with Gasteiger partial charge in [0.2, 0.25) is 0 Å². The van der Waals surface area contributed by atoms with Crippen LogP contribution in [-0.4, -0.2) is 26.2 Å². The van der Waals surface area contributed by atoms with E-state index >= 15 is 0 Å². The molecule has 33 heavy (non-hydrogen) atoms. The second kappa shape index (κ2) is 9.95.